The Bertz CT molecular complexity index is 734. The summed E-state index contributed by atoms with van der Waals surface area (Å²) in [5.41, 5.74) is 1.39. The van der Waals surface area contributed by atoms with Crippen molar-refractivity contribution in [3.63, 3.8) is 0 Å². The van der Waals surface area contributed by atoms with Crippen LogP contribution in [0.5, 0.6) is 11.5 Å². The van der Waals surface area contributed by atoms with E-state index in [1.165, 1.54) is 11.3 Å². The van der Waals surface area contributed by atoms with Crippen molar-refractivity contribution in [2.24, 2.45) is 0 Å². The number of ether oxygens (including phenoxy) is 2. The van der Waals surface area contributed by atoms with Gasteiger partial charge in [0.2, 0.25) is 0 Å². The molecule has 1 N–H and O–H groups in total. The second-order valence-electron chi connectivity index (χ2n) is 4.89. The molecule has 130 valence electrons. The molecule has 2 rings (SSSR count). The van der Waals surface area contributed by atoms with Crippen LogP contribution in [-0.2, 0) is 0 Å². The molecule has 1 heterocycles. The van der Waals surface area contributed by atoms with Gasteiger partial charge >= 0.3 is 0 Å². The summed E-state index contributed by atoms with van der Waals surface area (Å²) in [6, 6.07) is 3.39. The van der Waals surface area contributed by atoms with E-state index >= 15 is 0 Å². The molecule has 0 bridgehead atoms. The van der Waals surface area contributed by atoms with E-state index in [-0.39, 0.29) is 5.91 Å². The lowest BCUT2D eigenvalue weighted by Crippen LogP contribution is -2.12. The molecule has 1 amide bonds. The minimum atomic E-state index is -0.238. The van der Waals surface area contributed by atoms with Crippen LogP contribution in [0, 0.1) is 6.92 Å². The van der Waals surface area contributed by atoms with Crippen LogP contribution in [0.1, 0.15) is 29.4 Å². The number of hydrogen-bond acceptors (Lipinski definition) is 6. The number of carbonyl (C=O) groups is 1. The van der Waals surface area contributed by atoms with Gasteiger partial charge in [-0.1, -0.05) is 18.3 Å². The average molecular weight is 431 g/mol. The molecule has 0 fully saturated rings. The second kappa shape index (κ2) is 8.73. The largest absolute Gasteiger partial charge is 0.493 e. The Morgan fingerprint density at radius 1 is 1.46 bits per heavy atom. The zero-order valence-electron chi connectivity index (χ0n) is 13.9. The van der Waals surface area contributed by atoms with Crippen molar-refractivity contribution in [1.29, 1.82) is 0 Å². The number of nitrogens with one attached hydrogen (secondary N) is 1. The number of thioether (sulfide) groups is 1. The van der Waals surface area contributed by atoms with Crippen molar-refractivity contribution in [2.75, 3.05) is 25.3 Å². The number of amides is 1. The number of aromatic nitrogens is 1. The van der Waals surface area contributed by atoms with Gasteiger partial charge in [0.25, 0.3) is 5.91 Å². The molecule has 0 saturated heterocycles. The van der Waals surface area contributed by atoms with Crippen molar-refractivity contribution >= 4 is 50.1 Å². The highest BCUT2D eigenvalue weighted by molar-refractivity contribution is 9.10. The van der Waals surface area contributed by atoms with Crippen LogP contribution in [0.2, 0.25) is 0 Å². The van der Waals surface area contributed by atoms with E-state index in [1.54, 1.807) is 31.0 Å². The summed E-state index contributed by atoms with van der Waals surface area (Å²) in [5.74, 6) is 0.881. The van der Waals surface area contributed by atoms with Crippen molar-refractivity contribution < 1.29 is 14.3 Å². The van der Waals surface area contributed by atoms with Crippen LogP contribution >= 0.6 is 39.0 Å². The minimum absolute atomic E-state index is 0.238. The van der Waals surface area contributed by atoms with E-state index in [9.17, 15) is 4.79 Å². The zero-order chi connectivity index (χ0) is 17.7. The fraction of sp³-hybridized carbons (Fsp3) is 0.375. The monoisotopic (exact) mass is 430 g/mol. The van der Waals surface area contributed by atoms with Gasteiger partial charge < -0.3 is 9.47 Å². The normalized spacial score (nSPS) is 10.5. The van der Waals surface area contributed by atoms with E-state index in [2.05, 4.69) is 26.2 Å². The molecule has 0 aliphatic carbocycles. The molecule has 5 nitrogen and oxygen atoms in total. The van der Waals surface area contributed by atoms with Gasteiger partial charge in [0.05, 0.1) is 28.1 Å². The topological polar surface area (TPSA) is 60.5 Å². The van der Waals surface area contributed by atoms with E-state index < -0.39 is 0 Å². The maximum absolute atomic E-state index is 12.5. The Morgan fingerprint density at radius 3 is 2.79 bits per heavy atom. The molecule has 2 aromatic rings. The number of nitrogens with zero attached hydrogens (tertiary/aromatic N) is 1. The van der Waals surface area contributed by atoms with Crippen LogP contribution in [0.15, 0.2) is 20.8 Å². The highest BCUT2D eigenvalue weighted by Gasteiger charge is 2.17. The molecule has 0 atom stereocenters. The Labute approximate surface area is 158 Å². The van der Waals surface area contributed by atoms with Crippen LogP contribution in [0.25, 0.3) is 0 Å². The first-order valence-corrected chi connectivity index (χ1v) is 10.2. The number of halogens is 1. The third kappa shape index (κ3) is 4.43. The fourth-order valence-corrected chi connectivity index (χ4v) is 4.15. The molecule has 0 aliphatic rings. The maximum atomic E-state index is 12.5. The van der Waals surface area contributed by atoms with Crippen molar-refractivity contribution in [2.45, 2.75) is 24.5 Å². The molecule has 0 saturated carbocycles. The summed E-state index contributed by atoms with van der Waals surface area (Å²) in [7, 11) is 1.55. The van der Waals surface area contributed by atoms with Gasteiger partial charge in [0.15, 0.2) is 16.6 Å². The Hall–Kier alpha value is -1.25. The lowest BCUT2D eigenvalue weighted by Gasteiger charge is -2.13. The standard InChI is InChI=1S/C16H19BrN2O3S2/c1-5-6-22-13-11(17)7-10(8-12(13)21-3)14(20)19-16-18-9(2)15(23-4)24-16/h7-8H,5-6H2,1-4H3,(H,18,19,20). The average Bonchev–Trinajstić information content (AvgIpc) is 2.92. The SMILES string of the molecule is CCCOc1c(Br)cc(C(=O)Nc2nc(C)c(SC)s2)cc1OC. The summed E-state index contributed by atoms with van der Waals surface area (Å²) < 4.78 is 12.8. The molecule has 0 aliphatic heterocycles. The lowest BCUT2D eigenvalue weighted by atomic mass is 10.2. The summed E-state index contributed by atoms with van der Waals surface area (Å²) >= 11 is 6.53. The molecule has 0 spiro atoms. The van der Waals surface area contributed by atoms with Crippen LogP contribution in [0.4, 0.5) is 5.13 Å². The van der Waals surface area contributed by atoms with E-state index in [0.29, 0.717) is 33.3 Å². The quantitative estimate of drug-likeness (QED) is 0.627. The van der Waals surface area contributed by atoms with Crippen molar-refractivity contribution in [3.8, 4) is 11.5 Å². The molecule has 0 radical (unpaired) electrons. The number of rotatable bonds is 7. The first-order valence-electron chi connectivity index (χ1n) is 7.33. The summed E-state index contributed by atoms with van der Waals surface area (Å²) in [5, 5.41) is 3.42. The first-order chi connectivity index (χ1) is 11.5. The van der Waals surface area contributed by atoms with E-state index in [4.69, 9.17) is 9.47 Å². The molecule has 8 heteroatoms. The number of aryl methyl sites for hydroxylation is 1. The Morgan fingerprint density at radius 2 is 2.21 bits per heavy atom. The third-order valence-electron chi connectivity index (χ3n) is 3.10. The fourth-order valence-electron chi connectivity index (χ4n) is 1.99. The number of anilines is 1. The molecule has 0 unspecified atom stereocenters. The van der Waals surface area contributed by atoms with Gasteiger partial charge in [-0.2, -0.15) is 0 Å². The first kappa shape index (κ1) is 19.1. The summed E-state index contributed by atoms with van der Waals surface area (Å²) in [4.78, 5) is 16.9. The number of thiazole rings is 1. The van der Waals surface area contributed by atoms with Gasteiger partial charge in [-0.25, -0.2) is 4.98 Å². The number of benzene rings is 1. The second-order valence-corrected chi connectivity index (χ2v) is 7.82. The van der Waals surface area contributed by atoms with Gasteiger partial charge in [0, 0.05) is 5.56 Å². The molecule has 1 aromatic carbocycles. The van der Waals surface area contributed by atoms with Crippen LogP contribution in [0.3, 0.4) is 0 Å². The Kier molecular flexibility index (Phi) is 6.94. The predicted molar refractivity (Wildman–Crippen MR) is 103 cm³/mol. The summed E-state index contributed by atoms with van der Waals surface area (Å²) in [6.07, 6.45) is 2.88. The van der Waals surface area contributed by atoms with Crippen LogP contribution in [-0.4, -0.2) is 30.9 Å². The van der Waals surface area contributed by atoms with Gasteiger partial charge in [0.1, 0.15) is 0 Å². The minimum Gasteiger partial charge on any atom is -0.493 e. The van der Waals surface area contributed by atoms with Crippen molar-refractivity contribution in [3.05, 3.63) is 27.9 Å². The molecule has 24 heavy (non-hydrogen) atoms. The smallest absolute Gasteiger partial charge is 0.257 e. The molecule has 1 aromatic heterocycles. The van der Waals surface area contributed by atoms with E-state index in [0.717, 1.165) is 16.3 Å². The summed E-state index contributed by atoms with van der Waals surface area (Å²) in [6.45, 7) is 4.54. The number of carbonyl (C=O) groups excluding carboxylic acids is 1. The van der Waals surface area contributed by atoms with Gasteiger partial charge in [-0.05, 0) is 47.7 Å². The van der Waals surface area contributed by atoms with Crippen LogP contribution < -0.4 is 14.8 Å². The van der Waals surface area contributed by atoms with Gasteiger partial charge in [-0.15, -0.1) is 11.8 Å². The van der Waals surface area contributed by atoms with Crippen molar-refractivity contribution in [1.82, 2.24) is 4.98 Å². The number of methoxy groups -OCH3 is 1. The molecular weight excluding hydrogens is 412 g/mol. The Balaban J connectivity index is 2.23. The lowest BCUT2D eigenvalue weighted by molar-refractivity contribution is 0.102. The predicted octanol–water partition coefficient (Wildman–Crippen LogP) is 4.99. The van der Waals surface area contributed by atoms with E-state index in [1.807, 2.05) is 20.1 Å². The zero-order valence-corrected chi connectivity index (χ0v) is 17.2. The van der Waals surface area contributed by atoms with Gasteiger partial charge in [-0.3, -0.25) is 10.1 Å². The highest BCUT2D eigenvalue weighted by atomic mass is 79.9. The third-order valence-corrected chi connectivity index (χ3v) is 5.97. The number of hydrogen-bond donors (Lipinski definition) is 1. The highest BCUT2D eigenvalue weighted by Crippen LogP contribution is 2.37. The maximum Gasteiger partial charge on any atom is 0.257 e. The molecular formula is C16H19BrN2O3S2.